The summed E-state index contributed by atoms with van der Waals surface area (Å²) in [6.45, 7) is 0.817. The molecule has 0 radical (unpaired) electrons. The van der Waals surface area contributed by atoms with Crippen molar-refractivity contribution < 1.29 is 42.5 Å². The van der Waals surface area contributed by atoms with E-state index < -0.39 is 5.97 Å². The van der Waals surface area contributed by atoms with Crippen molar-refractivity contribution in [1.82, 2.24) is 0 Å². The van der Waals surface area contributed by atoms with E-state index in [4.69, 9.17) is 68.8 Å². The van der Waals surface area contributed by atoms with Crippen molar-refractivity contribution in [2.75, 3.05) is 40.5 Å². The molecule has 536 valence electrons. The Balaban J connectivity index is 0.000000181. The monoisotopic (exact) mass is 1570 g/mol. The van der Waals surface area contributed by atoms with E-state index in [0.717, 1.165) is 61.0 Å². The smallest absolute Gasteiger partial charge is 0.349 e. The summed E-state index contributed by atoms with van der Waals surface area (Å²) < 4.78 is 4.31. The van der Waals surface area contributed by atoms with Crippen LogP contribution in [0.3, 0.4) is 0 Å². The van der Waals surface area contributed by atoms with E-state index in [1.54, 1.807) is 114 Å². The highest BCUT2D eigenvalue weighted by molar-refractivity contribution is 9.06. The van der Waals surface area contributed by atoms with Crippen molar-refractivity contribution in [3.8, 4) is 0 Å². The zero-order chi connectivity index (χ0) is 75.8. The number of aliphatic carboxylic acids is 1. The lowest BCUT2D eigenvalue weighted by atomic mass is 9.97. The topological polar surface area (TPSA) is 193 Å². The number of carbonyl (C=O) groups excluding carboxylic acids is 6. The number of Topliss-reactive ketones (excluding diaryl/α,β-unsaturated/α-hetero) is 2. The SMILES string of the molecule is Nc1ccc(Cl)cc1.O=C(CN(C(=O)Cc1ccccc1)c1ccc(Cl)cc1)c1ccccc1.O=C(CNc1ccc(Cl)cc1)c1ccccc1.O=C(Cl)Cc1ccccc1.O=C(O)Cc1ccccc1.O=C(OBr)c1ccccc1.O=C1C(c2ccccc2)=C(c2ccccc2)CN1c1ccc(Cl)cc1. The fraction of sp³-hybridized carbons (Fsp3) is 0.0690. The van der Waals surface area contributed by atoms with Gasteiger partial charge in [0, 0.05) is 60.4 Å². The largest absolute Gasteiger partial charge is 0.481 e. The number of carbonyl (C=O) groups is 7. The maximum Gasteiger partial charge on any atom is 0.349 e. The Kier molecular flexibility index (Phi) is 34.9. The molecule has 13 nitrogen and oxygen atoms in total. The van der Waals surface area contributed by atoms with Crippen LogP contribution in [0.5, 0.6) is 0 Å². The lowest BCUT2D eigenvalue weighted by Crippen LogP contribution is -2.36. The number of nitrogens with two attached hydrogens (primary N) is 1. The van der Waals surface area contributed by atoms with Gasteiger partial charge in [-0.1, -0.05) is 277 Å². The predicted octanol–water partition coefficient (Wildman–Crippen LogP) is 21.1. The number of amides is 2. The van der Waals surface area contributed by atoms with Gasteiger partial charge in [-0.25, -0.2) is 4.79 Å². The third kappa shape index (κ3) is 29.1. The van der Waals surface area contributed by atoms with Crippen molar-refractivity contribution in [3.63, 3.8) is 0 Å². The first kappa shape index (κ1) is 82.1. The second-order valence-electron chi connectivity index (χ2n) is 22.9. The highest BCUT2D eigenvalue weighted by Crippen LogP contribution is 2.37. The van der Waals surface area contributed by atoms with E-state index in [2.05, 4.69) is 37.5 Å². The summed E-state index contributed by atoms with van der Waals surface area (Å²) in [5.74, 6) is -1.32. The normalized spacial score (nSPS) is 10.8. The van der Waals surface area contributed by atoms with E-state index in [0.29, 0.717) is 50.4 Å². The summed E-state index contributed by atoms with van der Waals surface area (Å²) in [6, 6.07) is 104. The molecule has 12 aromatic rings. The number of nitrogens with one attached hydrogen (secondary N) is 1. The van der Waals surface area contributed by atoms with Crippen molar-refractivity contribution >= 4 is 149 Å². The Morgan fingerprint density at radius 3 is 1.24 bits per heavy atom. The molecule has 0 saturated heterocycles. The van der Waals surface area contributed by atoms with Crippen LogP contribution >= 0.6 is 74.3 Å². The van der Waals surface area contributed by atoms with Crippen LogP contribution in [0.1, 0.15) is 58.9 Å². The minimum Gasteiger partial charge on any atom is -0.481 e. The molecule has 0 bridgehead atoms. The highest BCUT2D eigenvalue weighted by Gasteiger charge is 2.33. The summed E-state index contributed by atoms with van der Waals surface area (Å²) in [6.07, 6.45) is 0.661. The molecule has 0 fully saturated rings. The van der Waals surface area contributed by atoms with E-state index in [-0.39, 0.29) is 60.5 Å². The summed E-state index contributed by atoms with van der Waals surface area (Å²) in [5.41, 5.74) is 16.9. The number of hydrogen-bond acceptors (Lipinski definition) is 10. The second kappa shape index (κ2) is 45.1. The Hall–Kier alpha value is -11.2. The number of benzene rings is 12. The van der Waals surface area contributed by atoms with E-state index in [1.807, 2.05) is 218 Å². The number of halogens is 6. The van der Waals surface area contributed by atoms with Crippen LogP contribution in [0.2, 0.25) is 20.1 Å². The number of nitrogens with zero attached hydrogens (tertiary/aromatic N) is 2. The van der Waals surface area contributed by atoms with Gasteiger partial charge >= 0.3 is 11.9 Å². The predicted molar refractivity (Wildman–Crippen MR) is 434 cm³/mol. The van der Waals surface area contributed by atoms with Crippen LogP contribution < -0.4 is 20.9 Å². The third-order valence-corrected chi connectivity index (χ3v) is 16.6. The molecule has 12 aromatic carbocycles. The molecule has 0 atom stereocenters. The average molecular weight is 1570 g/mol. The Labute approximate surface area is 650 Å². The Bertz CT molecular complexity index is 4650. The maximum atomic E-state index is 13.2. The molecule has 13 rings (SSSR count). The molecule has 1 aliphatic rings. The molecule has 0 unspecified atom stereocenters. The molecular weight excluding hydrogens is 1500 g/mol. The second-order valence-corrected chi connectivity index (χ2v) is 25.4. The average Bonchev–Trinajstić information content (AvgIpc) is 1.62. The number of carboxylic acids is 1. The maximum absolute atomic E-state index is 13.2. The zero-order valence-electron chi connectivity index (χ0n) is 57.0. The van der Waals surface area contributed by atoms with Crippen molar-refractivity contribution in [3.05, 3.63) is 404 Å². The van der Waals surface area contributed by atoms with Gasteiger partial charge in [0.2, 0.25) is 11.1 Å². The molecule has 2 amide bonds. The number of carboxylic acid groups (broad SMARTS) is 1. The molecule has 1 heterocycles. The molecule has 0 aliphatic carbocycles. The molecule has 4 N–H and O–H groups in total. The van der Waals surface area contributed by atoms with Crippen LogP contribution in [-0.2, 0) is 42.3 Å². The van der Waals surface area contributed by atoms with Crippen molar-refractivity contribution in [1.29, 1.82) is 0 Å². The van der Waals surface area contributed by atoms with Crippen LogP contribution in [0.25, 0.3) is 11.1 Å². The number of hydrogen-bond donors (Lipinski definition) is 3. The summed E-state index contributed by atoms with van der Waals surface area (Å²) >= 11 is 31.1. The van der Waals surface area contributed by atoms with Crippen LogP contribution in [0.15, 0.2) is 340 Å². The van der Waals surface area contributed by atoms with Gasteiger partial charge in [-0.15, -0.1) is 0 Å². The van der Waals surface area contributed by atoms with E-state index in [9.17, 15) is 33.6 Å². The first-order valence-corrected chi connectivity index (χ1v) is 35.4. The highest BCUT2D eigenvalue weighted by atomic mass is 79.9. The van der Waals surface area contributed by atoms with E-state index in [1.165, 1.54) is 4.90 Å². The quantitative estimate of drug-likeness (QED) is 0.0420. The van der Waals surface area contributed by atoms with Gasteiger partial charge < -0.3 is 29.8 Å². The summed E-state index contributed by atoms with van der Waals surface area (Å²) in [4.78, 5) is 85.2. The minimum atomic E-state index is -0.786. The molecule has 0 saturated carbocycles. The standard InChI is InChI=1S/C22H18ClNO2.C22H16ClNO.C14H12ClNO.C8H7ClO.C8H8O2.C7H5BrO2.C6H6ClN/c23-19-11-13-20(14-12-19)24(16-21(25)18-9-5-2-6-10-18)22(26)15-17-7-3-1-4-8-17;23-18-11-13-19(14-12-18)24-15-20(16-7-3-1-4-8-16)21(22(24)25)17-9-5-2-6-10-17;15-12-6-8-13(9-7-12)16-10-14(17)11-4-2-1-3-5-11;2*9-8(10)6-7-4-2-1-3-5-7;8-10-7(9)6-4-2-1-3-5-6;7-5-1-3-6(8)4-2-5/h1-14H,15-16H2;1-14H,15H2;1-9,16H,10H2;1-5H,6H2;1-5H,6H2,(H,9,10);1-5H;1-4H,8H2. The molecule has 106 heavy (non-hydrogen) atoms. The molecule has 19 heteroatoms. The molecule has 0 spiro atoms. The minimum absolute atomic E-state index is 0.0166. The van der Waals surface area contributed by atoms with Gasteiger partial charge in [0.1, 0.15) is 0 Å². The van der Waals surface area contributed by atoms with Gasteiger partial charge in [-0.2, -0.15) is 0 Å². The van der Waals surface area contributed by atoms with Gasteiger partial charge in [0.25, 0.3) is 5.91 Å². The van der Waals surface area contributed by atoms with Gasteiger partial charge in [0.05, 0.1) is 43.6 Å². The lowest BCUT2D eigenvalue weighted by Gasteiger charge is -2.22. The number of anilines is 4. The number of nitrogen functional groups attached to an aromatic ring is 1. The third-order valence-electron chi connectivity index (χ3n) is 15.2. The fourth-order valence-electron chi connectivity index (χ4n) is 9.93. The van der Waals surface area contributed by atoms with Crippen molar-refractivity contribution in [2.45, 2.75) is 19.3 Å². The molecule has 0 aromatic heterocycles. The lowest BCUT2D eigenvalue weighted by molar-refractivity contribution is -0.136. The zero-order valence-corrected chi connectivity index (χ0v) is 62.4. The number of ketones is 2. The van der Waals surface area contributed by atoms with Crippen molar-refractivity contribution in [2.24, 2.45) is 0 Å². The van der Waals surface area contributed by atoms with Crippen LogP contribution in [0.4, 0.5) is 22.7 Å². The molecular formula is C87H72BrCl5N4O9. The number of rotatable bonds is 18. The first-order valence-electron chi connectivity index (χ1n) is 32.9. The summed E-state index contributed by atoms with van der Waals surface area (Å²) in [7, 11) is 0. The van der Waals surface area contributed by atoms with Crippen LogP contribution in [-0.4, -0.2) is 65.3 Å². The first-order chi connectivity index (χ1) is 51.3. The van der Waals surface area contributed by atoms with Gasteiger partial charge in [-0.3, -0.25) is 28.8 Å². The van der Waals surface area contributed by atoms with Gasteiger partial charge in [-0.05, 0) is 154 Å². The fourth-order valence-corrected chi connectivity index (χ4v) is 10.8. The Morgan fingerprint density at radius 1 is 0.443 bits per heavy atom. The van der Waals surface area contributed by atoms with Crippen LogP contribution in [0, 0.1) is 0 Å². The molecule has 1 aliphatic heterocycles. The Morgan fingerprint density at radius 2 is 0.811 bits per heavy atom. The summed E-state index contributed by atoms with van der Waals surface area (Å²) in [5, 5.41) is 13.8. The van der Waals surface area contributed by atoms with Gasteiger partial charge in [0.15, 0.2) is 27.8 Å². The van der Waals surface area contributed by atoms with E-state index >= 15 is 0 Å².